The van der Waals surface area contributed by atoms with Gasteiger partial charge in [0.25, 0.3) is 0 Å². The Morgan fingerprint density at radius 1 is 1.30 bits per heavy atom. The third-order valence-corrected chi connectivity index (χ3v) is 4.53. The highest BCUT2D eigenvalue weighted by molar-refractivity contribution is 7.90. The van der Waals surface area contributed by atoms with Crippen molar-refractivity contribution in [3.63, 3.8) is 0 Å². The average molecular weight is 319 g/mol. The third-order valence-electron chi connectivity index (χ3n) is 3.40. The van der Waals surface area contributed by atoms with Crippen LogP contribution in [0.1, 0.15) is 31.4 Å². The number of carbonyl (C=O) groups is 1. The first-order valence-corrected chi connectivity index (χ1v) is 8.01. The predicted molar refractivity (Wildman–Crippen MR) is 79.5 cm³/mol. The van der Waals surface area contributed by atoms with Gasteiger partial charge in [-0.2, -0.15) is 0 Å². The second-order valence-corrected chi connectivity index (χ2v) is 7.21. The van der Waals surface area contributed by atoms with Gasteiger partial charge >= 0.3 is 0 Å². The minimum atomic E-state index is -3.19. The molecule has 1 atom stereocenters. The number of rotatable bonds is 4. The molecule has 7 heteroatoms. The van der Waals surface area contributed by atoms with Crippen molar-refractivity contribution in [2.45, 2.75) is 36.2 Å². The lowest BCUT2D eigenvalue weighted by Crippen LogP contribution is -2.43. The highest BCUT2D eigenvalue weighted by Crippen LogP contribution is 2.32. The molecule has 0 saturated heterocycles. The normalized spacial score (nSPS) is 17.8. The zero-order valence-corrected chi connectivity index (χ0v) is 13.1. The van der Waals surface area contributed by atoms with Crippen molar-refractivity contribution in [3.05, 3.63) is 29.8 Å². The maximum Gasteiger partial charge on any atom is 0.240 e. The molecule has 0 aliphatic heterocycles. The smallest absolute Gasteiger partial charge is 0.240 e. The Bertz CT molecular complexity index is 595. The molecule has 0 radical (unpaired) electrons. The topological polar surface area (TPSA) is 89.3 Å². The van der Waals surface area contributed by atoms with Crippen LogP contribution in [-0.2, 0) is 14.6 Å². The fourth-order valence-electron chi connectivity index (χ4n) is 1.79. The number of hydrogen-bond donors (Lipinski definition) is 2. The van der Waals surface area contributed by atoms with Crippen LogP contribution in [0.3, 0.4) is 0 Å². The number of nitrogens with one attached hydrogen (secondary N) is 1. The number of benzene rings is 1. The van der Waals surface area contributed by atoms with Crippen molar-refractivity contribution in [1.29, 1.82) is 0 Å². The van der Waals surface area contributed by atoms with Crippen molar-refractivity contribution in [3.8, 4) is 0 Å². The Morgan fingerprint density at radius 2 is 1.80 bits per heavy atom. The average Bonchev–Trinajstić information content (AvgIpc) is 3.08. The molecule has 1 fully saturated rings. The molecule has 1 unspecified atom stereocenters. The highest BCUT2D eigenvalue weighted by Gasteiger charge is 2.46. The van der Waals surface area contributed by atoms with Crippen molar-refractivity contribution in [2.75, 3.05) is 6.26 Å². The minimum absolute atomic E-state index is 0. The minimum Gasteiger partial charge on any atom is -0.348 e. The lowest BCUT2D eigenvalue weighted by Gasteiger charge is -2.17. The lowest BCUT2D eigenvalue weighted by atomic mass is 10.1. The SMILES string of the molecule is CC(NC(=O)C1(N)CC1)c1ccc(S(C)(=O)=O)cc1.Cl. The van der Waals surface area contributed by atoms with E-state index in [0.717, 1.165) is 18.4 Å². The standard InChI is InChI=1S/C13H18N2O3S.ClH/c1-9(15-12(16)13(14)7-8-13)10-3-5-11(6-4-10)19(2,17)18;/h3-6,9H,7-8,14H2,1-2H3,(H,15,16);1H. The largest absolute Gasteiger partial charge is 0.348 e. The maximum absolute atomic E-state index is 11.8. The monoisotopic (exact) mass is 318 g/mol. The first-order chi connectivity index (χ1) is 8.72. The Hall–Kier alpha value is -1.11. The van der Waals surface area contributed by atoms with Crippen molar-refractivity contribution < 1.29 is 13.2 Å². The van der Waals surface area contributed by atoms with Gasteiger partial charge in [-0.1, -0.05) is 12.1 Å². The van der Waals surface area contributed by atoms with E-state index in [4.69, 9.17) is 5.73 Å². The van der Waals surface area contributed by atoms with Crippen molar-refractivity contribution in [2.24, 2.45) is 5.73 Å². The van der Waals surface area contributed by atoms with Crippen LogP contribution in [0.25, 0.3) is 0 Å². The summed E-state index contributed by atoms with van der Waals surface area (Å²) < 4.78 is 22.7. The van der Waals surface area contributed by atoms with Crippen LogP contribution in [0, 0.1) is 0 Å². The molecular weight excluding hydrogens is 300 g/mol. The van der Waals surface area contributed by atoms with E-state index in [9.17, 15) is 13.2 Å². The summed E-state index contributed by atoms with van der Waals surface area (Å²) in [7, 11) is -3.19. The molecule has 1 aliphatic rings. The number of carbonyl (C=O) groups excluding carboxylic acids is 1. The molecule has 5 nitrogen and oxygen atoms in total. The van der Waals surface area contributed by atoms with E-state index >= 15 is 0 Å². The molecule has 20 heavy (non-hydrogen) atoms. The van der Waals surface area contributed by atoms with Gasteiger partial charge in [0, 0.05) is 6.26 Å². The van der Waals surface area contributed by atoms with E-state index in [1.54, 1.807) is 24.3 Å². The van der Waals surface area contributed by atoms with Gasteiger partial charge in [-0.05, 0) is 37.5 Å². The van der Waals surface area contributed by atoms with Gasteiger partial charge in [-0.3, -0.25) is 4.79 Å². The summed E-state index contributed by atoms with van der Waals surface area (Å²) in [6.07, 6.45) is 2.61. The summed E-state index contributed by atoms with van der Waals surface area (Å²) in [5.41, 5.74) is 5.96. The number of nitrogens with two attached hydrogens (primary N) is 1. The van der Waals surface area contributed by atoms with E-state index in [0.29, 0.717) is 0 Å². The maximum atomic E-state index is 11.8. The van der Waals surface area contributed by atoms with Crippen molar-refractivity contribution >= 4 is 28.2 Å². The molecule has 0 bridgehead atoms. The summed E-state index contributed by atoms with van der Waals surface area (Å²) >= 11 is 0. The molecule has 0 spiro atoms. The molecule has 3 N–H and O–H groups in total. The van der Waals surface area contributed by atoms with Crippen LogP contribution in [0.4, 0.5) is 0 Å². The molecule has 2 rings (SSSR count). The van der Waals surface area contributed by atoms with E-state index < -0.39 is 15.4 Å². The summed E-state index contributed by atoms with van der Waals surface area (Å²) in [5, 5.41) is 2.84. The van der Waals surface area contributed by atoms with Crippen LogP contribution < -0.4 is 11.1 Å². The molecule has 1 amide bonds. The zero-order chi connectivity index (χ0) is 14.3. The molecule has 1 aliphatic carbocycles. The second kappa shape index (κ2) is 5.71. The quantitative estimate of drug-likeness (QED) is 0.872. The molecule has 0 heterocycles. The van der Waals surface area contributed by atoms with Gasteiger partial charge in [-0.25, -0.2) is 8.42 Å². The van der Waals surface area contributed by atoms with E-state index in [-0.39, 0.29) is 29.3 Å². The fraction of sp³-hybridized carbons (Fsp3) is 0.462. The van der Waals surface area contributed by atoms with Crippen LogP contribution in [0.2, 0.25) is 0 Å². The summed E-state index contributed by atoms with van der Waals surface area (Å²) in [5.74, 6) is -0.146. The molecule has 0 aromatic heterocycles. The predicted octanol–water partition coefficient (Wildman–Crippen LogP) is 1.18. The Labute approximate surface area is 125 Å². The van der Waals surface area contributed by atoms with Crippen LogP contribution in [0.5, 0.6) is 0 Å². The Kier molecular flexibility index (Phi) is 4.84. The highest BCUT2D eigenvalue weighted by atomic mass is 35.5. The number of amides is 1. The Morgan fingerprint density at radius 3 is 2.20 bits per heavy atom. The molecule has 1 saturated carbocycles. The van der Waals surface area contributed by atoms with Crippen LogP contribution in [-0.4, -0.2) is 26.1 Å². The summed E-state index contributed by atoms with van der Waals surface area (Å²) in [4.78, 5) is 12.1. The molecule has 1 aromatic carbocycles. The number of hydrogen-bond acceptors (Lipinski definition) is 4. The lowest BCUT2D eigenvalue weighted by molar-refractivity contribution is -0.123. The number of halogens is 1. The summed E-state index contributed by atoms with van der Waals surface area (Å²) in [6.45, 7) is 1.85. The first kappa shape index (κ1) is 16.9. The molecular formula is C13H19ClN2O3S. The van der Waals surface area contributed by atoms with Gasteiger partial charge in [0.05, 0.1) is 16.5 Å². The molecule has 112 valence electrons. The first-order valence-electron chi connectivity index (χ1n) is 6.12. The van der Waals surface area contributed by atoms with E-state index in [1.807, 2.05) is 6.92 Å². The van der Waals surface area contributed by atoms with Crippen molar-refractivity contribution in [1.82, 2.24) is 5.32 Å². The third kappa shape index (κ3) is 3.71. The molecule has 1 aromatic rings. The van der Waals surface area contributed by atoms with Gasteiger partial charge in [0.2, 0.25) is 5.91 Å². The second-order valence-electron chi connectivity index (χ2n) is 5.19. The van der Waals surface area contributed by atoms with Crippen LogP contribution in [0.15, 0.2) is 29.2 Å². The van der Waals surface area contributed by atoms with Gasteiger partial charge in [0.15, 0.2) is 9.84 Å². The van der Waals surface area contributed by atoms with E-state index in [1.165, 1.54) is 6.26 Å². The fourth-order valence-corrected chi connectivity index (χ4v) is 2.42. The van der Waals surface area contributed by atoms with Gasteiger partial charge < -0.3 is 11.1 Å². The summed E-state index contributed by atoms with van der Waals surface area (Å²) in [6, 6.07) is 6.31. The van der Waals surface area contributed by atoms with Crippen LogP contribution >= 0.6 is 12.4 Å². The van der Waals surface area contributed by atoms with Gasteiger partial charge in [0.1, 0.15) is 0 Å². The Balaban J connectivity index is 0.00000200. The van der Waals surface area contributed by atoms with Gasteiger partial charge in [-0.15, -0.1) is 12.4 Å². The van der Waals surface area contributed by atoms with E-state index in [2.05, 4.69) is 5.32 Å². The number of sulfone groups is 1. The zero-order valence-electron chi connectivity index (χ0n) is 11.4.